The lowest BCUT2D eigenvalue weighted by Crippen LogP contribution is -2.51. The van der Waals surface area contributed by atoms with E-state index < -0.39 is 0 Å². The van der Waals surface area contributed by atoms with Gasteiger partial charge in [-0.05, 0) is 54.0 Å². The van der Waals surface area contributed by atoms with E-state index in [0.717, 1.165) is 36.3 Å². The summed E-state index contributed by atoms with van der Waals surface area (Å²) in [6.45, 7) is 8.60. The summed E-state index contributed by atoms with van der Waals surface area (Å²) in [7, 11) is 0. The summed E-state index contributed by atoms with van der Waals surface area (Å²) in [5.74, 6) is 0.188. The van der Waals surface area contributed by atoms with Gasteiger partial charge >= 0.3 is 0 Å². The highest BCUT2D eigenvalue weighted by molar-refractivity contribution is 9.10. The quantitative estimate of drug-likeness (QED) is 0.681. The molecule has 3 rings (SSSR count). The van der Waals surface area contributed by atoms with Crippen molar-refractivity contribution in [2.24, 2.45) is 0 Å². The molecule has 0 aliphatic carbocycles. The van der Waals surface area contributed by atoms with Crippen molar-refractivity contribution in [3.05, 3.63) is 46.7 Å². The second-order valence-corrected chi connectivity index (χ2v) is 7.70. The van der Waals surface area contributed by atoms with E-state index in [-0.39, 0.29) is 11.8 Å². The standard InChI is InChI=1S/C20H26BrN5O2/c1-3-24(4-2)19(27)15-23-9-11-25(12-10-23)20(28)16-5-7-18(8-6-16)26-14-17(21)13-22-26/h5-8,13-14H,3-4,9-12,15H2,1-2H3. The van der Waals surface area contributed by atoms with Crippen LogP contribution in [0.1, 0.15) is 24.2 Å². The van der Waals surface area contributed by atoms with Gasteiger partial charge in [-0.2, -0.15) is 5.10 Å². The van der Waals surface area contributed by atoms with E-state index >= 15 is 0 Å². The van der Waals surface area contributed by atoms with Gasteiger partial charge in [-0.1, -0.05) is 0 Å². The molecule has 0 unspecified atom stereocenters. The molecule has 1 aliphatic heterocycles. The number of hydrogen-bond donors (Lipinski definition) is 0. The number of likely N-dealkylation sites (N-methyl/N-ethyl adjacent to an activating group) is 1. The highest BCUT2D eigenvalue weighted by atomic mass is 79.9. The Labute approximate surface area is 174 Å². The van der Waals surface area contributed by atoms with Gasteiger partial charge in [0.25, 0.3) is 5.91 Å². The maximum atomic E-state index is 12.8. The summed E-state index contributed by atoms with van der Waals surface area (Å²) in [6, 6.07) is 7.46. The Bertz CT molecular complexity index is 808. The number of carbonyl (C=O) groups is 2. The fourth-order valence-electron chi connectivity index (χ4n) is 3.36. The van der Waals surface area contributed by atoms with Crippen molar-refractivity contribution in [1.82, 2.24) is 24.5 Å². The number of piperazine rings is 1. The number of aromatic nitrogens is 2. The highest BCUT2D eigenvalue weighted by Gasteiger charge is 2.24. The predicted octanol–water partition coefficient (Wildman–Crippen LogP) is 2.26. The zero-order valence-corrected chi connectivity index (χ0v) is 17.9. The summed E-state index contributed by atoms with van der Waals surface area (Å²) in [4.78, 5) is 30.9. The number of carbonyl (C=O) groups excluding carboxylic acids is 2. The van der Waals surface area contributed by atoms with E-state index in [1.54, 1.807) is 10.9 Å². The van der Waals surface area contributed by atoms with Crippen LogP contribution >= 0.6 is 15.9 Å². The third-order valence-corrected chi connectivity index (χ3v) is 5.47. The van der Waals surface area contributed by atoms with Crippen LogP contribution in [0, 0.1) is 0 Å². The molecule has 2 amide bonds. The van der Waals surface area contributed by atoms with Crippen molar-refractivity contribution in [2.45, 2.75) is 13.8 Å². The molecule has 1 aromatic heterocycles. The van der Waals surface area contributed by atoms with Crippen LogP contribution in [0.25, 0.3) is 5.69 Å². The molecule has 0 N–H and O–H groups in total. The molecular weight excluding hydrogens is 422 g/mol. The smallest absolute Gasteiger partial charge is 0.253 e. The maximum absolute atomic E-state index is 12.8. The molecule has 1 fully saturated rings. The van der Waals surface area contributed by atoms with E-state index in [0.29, 0.717) is 25.2 Å². The van der Waals surface area contributed by atoms with Gasteiger partial charge in [0, 0.05) is 51.0 Å². The van der Waals surface area contributed by atoms with Crippen molar-refractivity contribution in [2.75, 3.05) is 45.8 Å². The Hall–Kier alpha value is -2.19. The van der Waals surface area contributed by atoms with Crippen LogP contribution in [0.4, 0.5) is 0 Å². The first kappa shape index (κ1) is 20.5. The number of benzene rings is 1. The summed E-state index contributed by atoms with van der Waals surface area (Å²) < 4.78 is 2.66. The van der Waals surface area contributed by atoms with Crippen LogP contribution in [-0.4, -0.2) is 82.1 Å². The van der Waals surface area contributed by atoms with Crippen LogP contribution in [0.5, 0.6) is 0 Å². The maximum Gasteiger partial charge on any atom is 0.253 e. The van der Waals surface area contributed by atoms with Crippen LogP contribution < -0.4 is 0 Å². The van der Waals surface area contributed by atoms with Crippen molar-refractivity contribution in [1.29, 1.82) is 0 Å². The number of amides is 2. The molecule has 1 aromatic carbocycles. The highest BCUT2D eigenvalue weighted by Crippen LogP contribution is 2.15. The van der Waals surface area contributed by atoms with Crippen molar-refractivity contribution in [3.63, 3.8) is 0 Å². The van der Waals surface area contributed by atoms with Gasteiger partial charge in [0.15, 0.2) is 0 Å². The van der Waals surface area contributed by atoms with Gasteiger partial charge in [-0.25, -0.2) is 4.68 Å². The molecule has 0 bridgehead atoms. The van der Waals surface area contributed by atoms with Gasteiger partial charge in [-0.15, -0.1) is 0 Å². The first-order valence-electron chi connectivity index (χ1n) is 9.61. The first-order valence-corrected chi connectivity index (χ1v) is 10.4. The molecule has 0 spiro atoms. The van der Waals surface area contributed by atoms with E-state index in [4.69, 9.17) is 0 Å². The largest absolute Gasteiger partial charge is 0.342 e. The summed E-state index contributed by atoms with van der Waals surface area (Å²) in [5, 5.41) is 4.24. The molecule has 7 nitrogen and oxygen atoms in total. The minimum Gasteiger partial charge on any atom is -0.342 e. The Morgan fingerprint density at radius 1 is 1.07 bits per heavy atom. The minimum atomic E-state index is 0.0305. The monoisotopic (exact) mass is 447 g/mol. The second kappa shape index (κ2) is 9.34. The van der Waals surface area contributed by atoms with E-state index in [1.165, 1.54) is 0 Å². The molecule has 1 saturated heterocycles. The molecule has 0 atom stereocenters. The van der Waals surface area contributed by atoms with E-state index in [1.807, 2.05) is 54.1 Å². The molecule has 2 heterocycles. The van der Waals surface area contributed by atoms with Gasteiger partial charge in [0.2, 0.25) is 5.91 Å². The topological polar surface area (TPSA) is 61.7 Å². The lowest BCUT2D eigenvalue weighted by Gasteiger charge is -2.35. The van der Waals surface area contributed by atoms with Crippen molar-refractivity contribution < 1.29 is 9.59 Å². The van der Waals surface area contributed by atoms with Gasteiger partial charge < -0.3 is 9.80 Å². The zero-order chi connectivity index (χ0) is 20.1. The Kier molecular flexibility index (Phi) is 6.85. The third-order valence-electron chi connectivity index (χ3n) is 5.06. The molecule has 0 radical (unpaired) electrons. The Morgan fingerprint density at radius 3 is 2.25 bits per heavy atom. The van der Waals surface area contributed by atoms with Crippen LogP contribution in [-0.2, 0) is 4.79 Å². The van der Waals surface area contributed by atoms with Gasteiger partial charge in [0.05, 0.1) is 22.9 Å². The molecule has 2 aromatic rings. The molecule has 1 aliphatic rings. The summed E-state index contributed by atoms with van der Waals surface area (Å²) in [5.41, 5.74) is 1.57. The minimum absolute atomic E-state index is 0.0305. The van der Waals surface area contributed by atoms with E-state index in [2.05, 4.69) is 25.9 Å². The Balaban J connectivity index is 1.54. The Morgan fingerprint density at radius 2 is 1.71 bits per heavy atom. The van der Waals surface area contributed by atoms with Crippen LogP contribution in [0.2, 0.25) is 0 Å². The number of rotatable bonds is 6. The molecule has 8 heteroatoms. The van der Waals surface area contributed by atoms with Gasteiger partial charge in [0.1, 0.15) is 0 Å². The average Bonchev–Trinajstić information content (AvgIpc) is 3.15. The first-order chi connectivity index (χ1) is 13.5. The number of hydrogen-bond acceptors (Lipinski definition) is 4. The average molecular weight is 448 g/mol. The van der Waals surface area contributed by atoms with Crippen LogP contribution in [0.15, 0.2) is 41.1 Å². The SMILES string of the molecule is CCN(CC)C(=O)CN1CCN(C(=O)c2ccc(-n3cc(Br)cn3)cc2)CC1. The van der Waals surface area contributed by atoms with Crippen LogP contribution in [0.3, 0.4) is 0 Å². The fourth-order valence-corrected chi connectivity index (χ4v) is 3.64. The lowest BCUT2D eigenvalue weighted by atomic mass is 10.1. The second-order valence-electron chi connectivity index (χ2n) is 6.78. The lowest BCUT2D eigenvalue weighted by molar-refractivity contribution is -0.132. The summed E-state index contributed by atoms with van der Waals surface area (Å²) >= 11 is 3.38. The molecule has 0 saturated carbocycles. The number of nitrogens with zero attached hydrogens (tertiary/aromatic N) is 5. The molecule has 28 heavy (non-hydrogen) atoms. The zero-order valence-electron chi connectivity index (χ0n) is 16.3. The van der Waals surface area contributed by atoms with E-state index in [9.17, 15) is 9.59 Å². The third kappa shape index (κ3) is 4.80. The molecule has 150 valence electrons. The van der Waals surface area contributed by atoms with Crippen molar-refractivity contribution >= 4 is 27.7 Å². The fraction of sp³-hybridized carbons (Fsp3) is 0.450. The normalized spacial score (nSPS) is 14.9. The van der Waals surface area contributed by atoms with Gasteiger partial charge in [-0.3, -0.25) is 14.5 Å². The molecular formula is C20H26BrN5O2. The number of halogens is 1. The predicted molar refractivity (Wildman–Crippen MR) is 112 cm³/mol. The van der Waals surface area contributed by atoms with Crippen molar-refractivity contribution in [3.8, 4) is 5.69 Å². The summed E-state index contributed by atoms with van der Waals surface area (Å²) in [6.07, 6.45) is 3.60.